The molecule has 21 heavy (non-hydrogen) atoms. The first kappa shape index (κ1) is 12.9. The van der Waals surface area contributed by atoms with Crippen LogP contribution < -0.4 is 0 Å². The van der Waals surface area contributed by atoms with Crippen molar-refractivity contribution in [2.24, 2.45) is 0 Å². The zero-order chi connectivity index (χ0) is 14.6. The van der Waals surface area contributed by atoms with Crippen LogP contribution in [0.1, 0.15) is 11.1 Å². The molecule has 3 aromatic heterocycles. The van der Waals surface area contributed by atoms with Crippen molar-refractivity contribution in [2.75, 3.05) is 7.05 Å². The van der Waals surface area contributed by atoms with Gasteiger partial charge >= 0.3 is 0 Å². The average Bonchev–Trinajstić information content (AvgIpc) is 3.23. The van der Waals surface area contributed by atoms with Crippen LogP contribution >= 0.6 is 35.8 Å². The first-order valence-electron chi connectivity index (χ1n) is 6.25. The second-order valence-corrected chi connectivity index (χ2v) is 6.43. The standard InChI is InChI=1S/C15H9NO2S3/c1-16-14(19)10-11(15(16)20)13(9-5-3-7-18-9)21-12(10)8-4-2-6-17-8/h2-7H,1H3. The molecule has 0 bridgehead atoms. The Bertz CT molecular complexity index is 775. The number of rotatable bonds is 2. The number of thiophene rings is 1. The summed E-state index contributed by atoms with van der Waals surface area (Å²) in [7, 11) is 1.90. The van der Waals surface area contributed by atoms with Crippen molar-refractivity contribution in [1.82, 2.24) is 4.90 Å². The molecule has 0 N–H and O–H groups in total. The van der Waals surface area contributed by atoms with Crippen LogP contribution in [0.15, 0.2) is 45.6 Å². The van der Waals surface area contributed by atoms with E-state index in [1.165, 1.54) is 0 Å². The molecular formula is C15H9NO2S3. The van der Waals surface area contributed by atoms with Gasteiger partial charge in [0.25, 0.3) is 0 Å². The Morgan fingerprint density at radius 2 is 1.38 bits per heavy atom. The Labute approximate surface area is 135 Å². The van der Waals surface area contributed by atoms with E-state index in [9.17, 15) is 0 Å². The van der Waals surface area contributed by atoms with Crippen molar-refractivity contribution in [3.63, 3.8) is 0 Å². The van der Waals surface area contributed by atoms with E-state index in [0.717, 1.165) is 42.4 Å². The van der Waals surface area contributed by atoms with Gasteiger partial charge in [-0.15, -0.1) is 11.3 Å². The van der Waals surface area contributed by atoms with Gasteiger partial charge in [0.2, 0.25) is 0 Å². The maximum Gasteiger partial charge on any atom is 0.144 e. The van der Waals surface area contributed by atoms with E-state index in [2.05, 4.69) is 0 Å². The predicted molar refractivity (Wildman–Crippen MR) is 90.9 cm³/mol. The van der Waals surface area contributed by atoms with Crippen LogP contribution in [-0.4, -0.2) is 21.9 Å². The molecule has 6 heteroatoms. The van der Waals surface area contributed by atoms with Crippen molar-refractivity contribution in [1.29, 1.82) is 0 Å². The van der Waals surface area contributed by atoms with Crippen LogP contribution in [0.5, 0.6) is 0 Å². The zero-order valence-electron chi connectivity index (χ0n) is 11.0. The highest BCUT2D eigenvalue weighted by Crippen LogP contribution is 2.46. The molecule has 0 aliphatic carbocycles. The lowest BCUT2D eigenvalue weighted by atomic mass is 10.1. The maximum absolute atomic E-state index is 5.55. The minimum absolute atomic E-state index is 0.732. The molecule has 0 spiro atoms. The summed E-state index contributed by atoms with van der Waals surface area (Å²) in [5.74, 6) is 1.60. The molecule has 4 heterocycles. The van der Waals surface area contributed by atoms with Gasteiger partial charge in [0.15, 0.2) is 0 Å². The van der Waals surface area contributed by atoms with E-state index < -0.39 is 0 Å². The third kappa shape index (κ3) is 1.76. The summed E-state index contributed by atoms with van der Waals surface area (Å²) in [6.07, 6.45) is 3.32. The van der Waals surface area contributed by atoms with Crippen LogP contribution in [0.25, 0.3) is 21.3 Å². The maximum atomic E-state index is 5.55. The lowest BCUT2D eigenvalue weighted by Gasteiger charge is -2.11. The monoisotopic (exact) mass is 331 g/mol. The van der Waals surface area contributed by atoms with E-state index >= 15 is 0 Å². The summed E-state index contributed by atoms with van der Waals surface area (Å²) in [5, 5.41) is 0. The van der Waals surface area contributed by atoms with Gasteiger partial charge in [-0.1, -0.05) is 24.4 Å². The molecule has 0 fully saturated rings. The molecule has 0 unspecified atom stereocenters. The second kappa shape index (κ2) is 4.62. The normalized spacial score (nSPS) is 14.0. The minimum Gasteiger partial charge on any atom is -0.463 e. The lowest BCUT2D eigenvalue weighted by Crippen LogP contribution is -2.23. The zero-order valence-corrected chi connectivity index (χ0v) is 13.4. The fraction of sp³-hybridized carbons (Fsp3) is 0.0667. The molecule has 1 aliphatic rings. The molecule has 0 saturated heterocycles. The topological polar surface area (TPSA) is 29.5 Å². The van der Waals surface area contributed by atoms with Gasteiger partial charge < -0.3 is 13.7 Å². The Morgan fingerprint density at radius 1 is 0.905 bits per heavy atom. The molecule has 3 aromatic rings. The minimum atomic E-state index is 0.732. The summed E-state index contributed by atoms with van der Waals surface area (Å²) >= 11 is 12.7. The van der Waals surface area contributed by atoms with E-state index in [1.807, 2.05) is 36.2 Å². The van der Waals surface area contributed by atoms with Crippen LogP contribution in [0, 0.1) is 0 Å². The van der Waals surface area contributed by atoms with E-state index in [4.69, 9.17) is 33.3 Å². The second-order valence-electron chi connectivity index (χ2n) is 4.63. The quantitative estimate of drug-likeness (QED) is 0.642. The predicted octanol–water partition coefficient (Wildman–Crippen LogP) is 4.56. The Kier molecular flexibility index (Phi) is 2.85. The summed E-state index contributed by atoms with van der Waals surface area (Å²) < 4.78 is 11.1. The van der Waals surface area contributed by atoms with Crippen LogP contribution in [-0.2, 0) is 0 Å². The Hall–Kier alpha value is -1.76. The van der Waals surface area contributed by atoms with E-state index in [0.29, 0.717) is 0 Å². The summed E-state index contributed by atoms with van der Waals surface area (Å²) in [6, 6.07) is 7.60. The lowest BCUT2D eigenvalue weighted by molar-refractivity contribution is 0.583. The van der Waals surface area contributed by atoms with Crippen LogP contribution in [0.3, 0.4) is 0 Å². The summed E-state index contributed by atoms with van der Waals surface area (Å²) in [4.78, 5) is 5.32. The first-order chi connectivity index (χ1) is 10.2. The van der Waals surface area contributed by atoms with Crippen molar-refractivity contribution < 1.29 is 8.83 Å². The van der Waals surface area contributed by atoms with Crippen molar-refractivity contribution in [2.45, 2.75) is 0 Å². The number of hydrogen-bond acceptors (Lipinski definition) is 5. The molecule has 0 saturated carbocycles. The summed E-state index contributed by atoms with van der Waals surface area (Å²) in [6.45, 7) is 0. The SMILES string of the molecule is CN1C(=S)c2c(-c3ccco3)sc(-c3ccco3)c2C1=S. The molecule has 0 amide bonds. The van der Waals surface area contributed by atoms with E-state index in [1.54, 1.807) is 23.9 Å². The molecule has 104 valence electrons. The molecule has 1 aliphatic heterocycles. The number of furan rings is 2. The number of thiocarbonyl (C=S) groups is 2. The largest absolute Gasteiger partial charge is 0.463 e. The highest BCUT2D eigenvalue weighted by molar-refractivity contribution is 7.83. The van der Waals surface area contributed by atoms with E-state index in [-0.39, 0.29) is 0 Å². The molecule has 0 atom stereocenters. The van der Waals surface area contributed by atoms with Gasteiger partial charge in [-0.2, -0.15) is 0 Å². The van der Waals surface area contributed by atoms with Gasteiger partial charge in [-0.05, 0) is 24.3 Å². The third-order valence-corrected chi connectivity index (χ3v) is 5.61. The Morgan fingerprint density at radius 3 is 1.76 bits per heavy atom. The van der Waals surface area contributed by atoms with Crippen molar-refractivity contribution in [3.8, 4) is 21.3 Å². The van der Waals surface area contributed by atoms with Crippen LogP contribution in [0.2, 0.25) is 0 Å². The molecular weight excluding hydrogens is 322 g/mol. The smallest absolute Gasteiger partial charge is 0.144 e. The molecule has 4 rings (SSSR count). The fourth-order valence-corrected chi connectivity index (χ4v) is 4.45. The highest BCUT2D eigenvalue weighted by atomic mass is 32.1. The number of fused-ring (bicyclic) bond motifs is 1. The number of hydrogen-bond donors (Lipinski definition) is 0. The third-order valence-electron chi connectivity index (χ3n) is 3.44. The first-order valence-corrected chi connectivity index (χ1v) is 7.88. The highest BCUT2D eigenvalue weighted by Gasteiger charge is 2.36. The van der Waals surface area contributed by atoms with Gasteiger partial charge in [0.05, 0.1) is 22.3 Å². The van der Waals surface area contributed by atoms with Gasteiger partial charge in [0, 0.05) is 18.2 Å². The average molecular weight is 331 g/mol. The van der Waals surface area contributed by atoms with Crippen molar-refractivity contribution >= 4 is 45.7 Å². The van der Waals surface area contributed by atoms with Gasteiger partial charge in [-0.3, -0.25) is 0 Å². The molecule has 0 aromatic carbocycles. The Balaban J connectivity index is 2.04. The fourth-order valence-electron chi connectivity index (χ4n) is 2.43. The van der Waals surface area contributed by atoms with Gasteiger partial charge in [-0.25, -0.2) is 0 Å². The molecule has 0 radical (unpaired) electrons. The van der Waals surface area contributed by atoms with Crippen molar-refractivity contribution in [3.05, 3.63) is 47.9 Å². The van der Waals surface area contributed by atoms with Gasteiger partial charge in [0.1, 0.15) is 21.5 Å². The summed E-state index contributed by atoms with van der Waals surface area (Å²) in [5.41, 5.74) is 1.95. The number of nitrogens with zero attached hydrogens (tertiary/aromatic N) is 1. The molecule has 3 nitrogen and oxygen atoms in total. The van der Waals surface area contributed by atoms with Crippen LogP contribution in [0.4, 0.5) is 0 Å².